The van der Waals surface area contributed by atoms with E-state index in [4.69, 9.17) is 4.98 Å². The Hall–Kier alpha value is -3.06. The minimum absolute atomic E-state index is 0.0654. The predicted molar refractivity (Wildman–Crippen MR) is 118 cm³/mol. The predicted octanol–water partition coefficient (Wildman–Crippen LogP) is 4.08. The summed E-state index contributed by atoms with van der Waals surface area (Å²) in [6.07, 6.45) is 3.08. The molecule has 0 spiro atoms. The lowest BCUT2D eigenvalue weighted by atomic mass is 10.1. The highest BCUT2D eigenvalue weighted by Gasteiger charge is 2.18. The SMILES string of the molecule is CCc1cccc(C)c1NC(=O)Cn1c(CC)nc2c(sc3ncccc32)c1=O. The highest BCUT2D eigenvalue weighted by Crippen LogP contribution is 2.29. The topological polar surface area (TPSA) is 76.9 Å². The second kappa shape index (κ2) is 7.75. The first-order valence-electron chi connectivity index (χ1n) is 9.68. The molecule has 6 nitrogen and oxygen atoms in total. The molecule has 1 aromatic carbocycles. The van der Waals surface area contributed by atoms with Gasteiger partial charge in [-0.1, -0.05) is 32.0 Å². The van der Waals surface area contributed by atoms with Gasteiger partial charge in [0.05, 0.1) is 5.52 Å². The van der Waals surface area contributed by atoms with Crippen molar-refractivity contribution in [1.82, 2.24) is 14.5 Å². The number of pyridine rings is 1. The van der Waals surface area contributed by atoms with Crippen molar-refractivity contribution in [3.63, 3.8) is 0 Å². The molecule has 0 bridgehead atoms. The Labute approximate surface area is 172 Å². The number of aryl methyl sites for hydroxylation is 3. The fourth-order valence-electron chi connectivity index (χ4n) is 3.56. The largest absolute Gasteiger partial charge is 0.324 e. The first kappa shape index (κ1) is 19.3. The van der Waals surface area contributed by atoms with Crippen LogP contribution in [0.25, 0.3) is 20.4 Å². The summed E-state index contributed by atoms with van der Waals surface area (Å²) in [7, 11) is 0. The lowest BCUT2D eigenvalue weighted by Gasteiger charge is -2.15. The van der Waals surface area contributed by atoms with Gasteiger partial charge in [0.1, 0.15) is 21.9 Å². The van der Waals surface area contributed by atoms with E-state index in [0.717, 1.165) is 33.5 Å². The number of nitrogens with one attached hydrogen (secondary N) is 1. The zero-order chi connectivity index (χ0) is 20.5. The molecule has 0 radical (unpaired) electrons. The number of aromatic nitrogens is 3. The third-order valence-corrected chi connectivity index (χ3v) is 6.15. The fourth-order valence-corrected chi connectivity index (χ4v) is 4.59. The molecule has 7 heteroatoms. The molecule has 29 heavy (non-hydrogen) atoms. The average Bonchev–Trinajstić information content (AvgIpc) is 3.10. The minimum Gasteiger partial charge on any atom is -0.324 e. The lowest BCUT2D eigenvalue weighted by molar-refractivity contribution is -0.116. The monoisotopic (exact) mass is 406 g/mol. The standard InChI is InChI=1S/C22H22N4O2S/c1-4-14-9-6-8-13(3)18(14)25-17(27)12-26-16(5-2)24-19-15-10-7-11-23-21(15)29-20(19)22(26)28/h6-11H,4-5,12H2,1-3H3,(H,25,27). The third kappa shape index (κ3) is 3.42. The number of benzene rings is 1. The van der Waals surface area contributed by atoms with Crippen LogP contribution in [-0.2, 0) is 24.2 Å². The molecule has 0 aliphatic carbocycles. The van der Waals surface area contributed by atoms with Crippen LogP contribution in [0.1, 0.15) is 30.8 Å². The van der Waals surface area contributed by atoms with E-state index in [0.29, 0.717) is 22.5 Å². The number of rotatable bonds is 5. The molecule has 4 aromatic rings. The Kier molecular flexibility index (Phi) is 5.15. The number of thiophene rings is 1. The second-order valence-corrected chi connectivity index (χ2v) is 7.92. The lowest BCUT2D eigenvalue weighted by Crippen LogP contribution is -2.31. The number of hydrogen-bond donors (Lipinski definition) is 1. The summed E-state index contributed by atoms with van der Waals surface area (Å²) in [6, 6.07) is 9.72. The highest BCUT2D eigenvalue weighted by molar-refractivity contribution is 7.25. The van der Waals surface area contributed by atoms with Crippen LogP contribution in [0.5, 0.6) is 0 Å². The van der Waals surface area contributed by atoms with Gasteiger partial charge in [-0.3, -0.25) is 14.2 Å². The van der Waals surface area contributed by atoms with Crippen LogP contribution in [0.2, 0.25) is 0 Å². The normalized spacial score (nSPS) is 11.3. The quantitative estimate of drug-likeness (QED) is 0.542. The van der Waals surface area contributed by atoms with Crippen LogP contribution in [0.15, 0.2) is 41.3 Å². The molecular formula is C22H22N4O2S. The van der Waals surface area contributed by atoms with E-state index in [-0.39, 0.29) is 18.0 Å². The van der Waals surface area contributed by atoms with Crippen molar-refractivity contribution in [2.24, 2.45) is 0 Å². The highest BCUT2D eigenvalue weighted by atomic mass is 32.1. The third-order valence-electron chi connectivity index (χ3n) is 5.05. The van der Waals surface area contributed by atoms with Crippen molar-refractivity contribution in [2.75, 3.05) is 5.32 Å². The molecule has 0 fully saturated rings. The molecule has 4 rings (SSSR count). The van der Waals surface area contributed by atoms with Crippen molar-refractivity contribution in [2.45, 2.75) is 40.2 Å². The Balaban J connectivity index is 1.74. The second-order valence-electron chi connectivity index (χ2n) is 6.92. The number of para-hydroxylation sites is 1. The summed E-state index contributed by atoms with van der Waals surface area (Å²) in [5.41, 5.74) is 3.39. The molecular weight excluding hydrogens is 384 g/mol. The Morgan fingerprint density at radius 1 is 1.17 bits per heavy atom. The maximum Gasteiger partial charge on any atom is 0.272 e. The van der Waals surface area contributed by atoms with Crippen molar-refractivity contribution < 1.29 is 4.79 Å². The first-order chi connectivity index (χ1) is 14.0. The van der Waals surface area contributed by atoms with Gasteiger partial charge in [-0.15, -0.1) is 11.3 Å². The van der Waals surface area contributed by atoms with Gasteiger partial charge < -0.3 is 5.32 Å². The van der Waals surface area contributed by atoms with Gasteiger partial charge in [0.15, 0.2) is 0 Å². The molecule has 1 amide bonds. The number of fused-ring (bicyclic) bond motifs is 3. The summed E-state index contributed by atoms with van der Waals surface area (Å²) in [4.78, 5) is 35.8. The molecule has 148 valence electrons. The van der Waals surface area contributed by atoms with Gasteiger partial charge in [0, 0.05) is 23.7 Å². The molecule has 3 heterocycles. The van der Waals surface area contributed by atoms with Crippen LogP contribution in [-0.4, -0.2) is 20.4 Å². The zero-order valence-corrected chi connectivity index (χ0v) is 17.5. The van der Waals surface area contributed by atoms with Crippen LogP contribution in [0.3, 0.4) is 0 Å². The summed E-state index contributed by atoms with van der Waals surface area (Å²) < 4.78 is 2.02. The van der Waals surface area contributed by atoms with E-state index in [1.807, 2.05) is 44.2 Å². The number of carbonyl (C=O) groups is 1. The number of carbonyl (C=O) groups excluding carboxylic acids is 1. The molecule has 0 saturated heterocycles. The fraction of sp³-hybridized carbons (Fsp3) is 0.273. The zero-order valence-electron chi connectivity index (χ0n) is 16.7. The summed E-state index contributed by atoms with van der Waals surface area (Å²) in [5, 5.41) is 3.87. The van der Waals surface area contributed by atoms with E-state index in [9.17, 15) is 9.59 Å². The summed E-state index contributed by atoms with van der Waals surface area (Å²) in [5.74, 6) is 0.368. The number of amides is 1. The minimum atomic E-state index is -0.230. The van der Waals surface area contributed by atoms with E-state index in [1.54, 1.807) is 6.20 Å². The van der Waals surface area contributed by atoms with Crippen molar-refractivity contribution >= 4 is 43.4 Å². The van der Waals surface area contributed by atoms with Crippen molar-refractivity contribution in [1.29, 1.82) is 0 Å². The summed E-state index contributed by atoms with van der Waals surface area (Å²) in [6.45, 7) is 5.89. The molecule has 1 N–H and O–H groups in total. The molecule has 3 aromatic heterocycles. The number of nitrogens with zero attached hydrogens (tertiary/aromatic N) is 3. The van der Waals surface area contributed by atoms with Gasteiger partial charge in [-0.05, 0) is 36.6 Å². The van der Waals surface area contributed by atoms with Crippen LogP contribution in [0.4, 0.5) is 5.69 Å². The van der Waals surface area contributed by atoms with E-state index in [2.05, 4.69) is 17.2 Å². The van der Waals surface area contributed by atoms with Gasteiger partial charge in [0.25, 0.3) is 5.56 Å². The first-order valence-corrected chi connectivity index (χ1v) is 10.5. The molecule has 0 aliphatic heterocycles. The van der Waals surface area contributed by atoms with Crippen molar-refractivity contribution in [3.8, 4) is 0 Å². The van der Waals surface area contributed by atoms with Gasteiger partial charge in [-0.25, -0.2) is 9.97 Å². The molecule has 0 atom stereocenters. The Morgan fingerprint density at radius 3 is 2.76 bits per heavy atom. The maximum atomic E-state index is 13.2. The van der Waals surface area contributed by atoms with E-state index in [1.165, 1.54) is 15.9 Å². The van der Waals surface area contributed by atoms with Crippen LogP contribution >= 0.6 is 11.3 Å². The number of anilines is 1. The molecule has 0 saturated carbocycles. The average molecular weight is 407 g/mol. The Morgan fingerprint density at radius 2 is 2.00 bits per heavy atom. The van der Waals surface area contributed by atoms with Gasteiger partial charge in [-0.2, -0.15) is 0 Å². The number of hydrogen-bond acceptors (Lipinski definition) is 5. The van der Waals surface area contributed by atoms with Gasteiger partial charge in [0.2, 0.25) is 5.91 Å². The molecule has 0 aliphatic rings. The smallest absolute Gasteiger partial charge is 0.272 e. The summed E-state index contributed by atoms with van der Waals surface area (Å²) >= 11 is 1.32. The van der Waals surface area contributed by atoms with E-state index < -0.39 is 0 Å². The van der Waals surface area contributed by atoms with Gasteiger partial charge >= 0.3 is 0 Å². The molecule has 0 unspecified atom stereocenters. The maximum absolute atomic E-state index is 13.2. The van der Waals surface area contributed by atoms with Crippen LogP contribution in [0, 0.1) is 6.92 Å². The Bertz CT molecular complexity index is 1290. The van der Waals surface area contributed by atoms with E-state index >= 15 is 0 Å². The van der Waals surface area contributed by atoms with Crippen LogP contribution < -0.4 is 10.9 Å². The van der Waals surface area contributed by atoms with Crippen molar-refractivity contribution in [3.05, 3.63) is 63.8 Å².